The van der Waals surface area contributed by atoms with Gasteiger partial charge in [-0.25, -0.2) is 0 Å². The molecule has 0 saturated heterocycles. The maximum Gasteiger partial charge on any atom is 0.248 e. The zero-order chi connectivity index (χ0) is 30.6. The van der Waals surface area contributed by atoms with Crippen molar-refractivity contribution in [3.05, 3.63) is 62.7 Å². The highest BCUT2D eigenvalue weighted by molar-refractivity contribution is 14.1. The standard InChI is InChI=1S/C30H37IN2O9/c1-4-41-18-27(36)33(11-9-20-7-5-6-8-24(20)39-2)23-15-21(30(38)32-10-12-34)16-25(28(23)37)42-29-22(31)13-19(17-35)14-26(29)40-3/h5-8,13-14,16-17,23,25,28,34,37H,4,9-12,15,18H2,1-3H3,(H,32,38)/t23-,25+,28+/m1/s1. The Hall–Kier alpha value is -3.20. The number of benzene rings is 2. The molecule has 2 aromatic carbocycles. The van der Waals surface area contributed by atoms with Crippen LogP contribution < -0.4 is 19.5 Å². The molecule has 1 aliphatic carbocycles. The van der Waals surface area contributed by atoms with E-state index in [0.717, 1.165) is 5.56 Å². The number of methoxy groups -OCH3 is 2. The molecule has 0 aliphatic heterocycles. The molecule has 3 N–H and O–H groups in total. The fourth-order valence-electron chi connectivity index (χ4n) is 4.74. The number of rotatable bonds is 15. The molecular weight excluding hydrogens is 659 g/mol. The summed E-state index contributed by atoms with van der Waals surface area (Å²) in [5.74, 6) is 0.424. The number of nitrogens with one attached hydrogen (secondary N) is 1. The quantitative estimate of drug-likeness (QED) is 0.189. The van der Waals surface area contributed by atoms with Crippen molar-refractivity contribution in [1.29, 1.82) is 0 Å². The van der Waals surface area contributed by atoms with Crippen LogP contribution in [0.3, 0.4) is 0 Å². The lowest BCUT2D eigenvalue weighted by molar-refractivity contribution is -0.143. The predicted octanol–water partition coefficient (Wildman–Crippen LogP) is 2.14. The second kappa shape index (κ2) is 16.4. The fourth-order valence-corrected chi connectivity index (χ4v) is 5.49. The number of carbonyl (C=O) groups excluding carboxylic acids is 3. The molecule has 0 saturated carbocycles. The van der Waals surface area contributed by atoms with Gasteiger partial charge in [0.2, 0.25) is 11.8 Å². The number of ether oxygens (including phenoxy) is 4. The summed E-state index contributed by atoms with van der Waals surface area (Å²) in [7, 11) is 3.01. The highest BCUT2D eigenvalue weighted by atomic mass is 127. The average Bonchev–Trinajstić information content (AvgIpc) is 3.00. The first-order valence-corrected chi connectivity index (χ1v) is 14.6. The second-order valence-corrected chi connectivity index (χ2v) is 10.6. The van der Waals surface area contributed by atoms with Gasteiger partial charge < -0.3 is 39.4 Å². The summed E-state index contributed by atoms with van der Waals surface area (Å²) in [5, 5.41) is 23.5. The number of aliphatic hydroxyl groups is 2. The van der Waals surface area contributed by atoms with Gasteiger partial charge in [0.25, 0.3) is 0 Å². The lowest BCUT2D eigenvalue weighted by Crippen LogP contribution is -2.56. The molecule has 2 amide bonds. The van der Waals surface area contributed by atoms with Crippen molar-refractivity contribution < 1.29 is 43.5 Å². The average molecular weight is 697 g/mol. The number of carbonyl (C=O) groups is 3. The molecule has 0 aromatic heterocycles. The Labute approximate surface area is 258 Å². The molecule has 3 rings (SSSR count). The van der Waals surface area contributed by atoms with Crippen LogP contribution in [-0.4, -0.2) is 98.6 Å². The van der Waals surface area contributed by atoms with Crippen molar-refractivity contribution in [1.82, 2.24) is 10.2 Å². The Kier molecular flexibility index (Phi) is 13.0. The van der Waals surface area contributed by atoms with Crippen LogP contribution >= 0.6 is 22.6 Å². The van der Waals surface area contributed by atoms with Crippen LogP contribution in [0.2, 0.25) is 0 Å². The molecule has 228 valence electrons. The Balaban J connectivity index is 2.01. The number of halogens is 1. The van der Waals surface area contributed by atoms with Crippen molar-refractivity contribution in [2.75, 3.05) is 47.1 Å². The number of aliphatic hydroxyl groups excluding tert-OH is 2. The van der Waals surface area contributed by atoms with Crippen LogP contribution in [-0.2, 0) is 20.7 Å². The number of hydrogen-bond acceptors (Lipinski definition) is 9. The van der Waals surface area contributed by atoms with Crippen LogP contribution in [0.15, 0.2) is 48.0 Å². The number of aldehydes is 1. The second-order valence-electron chi connectivity index (χ2n) is 9.45. The third-order valence-corrected chi connectivity index (χ3v) is 7.62. The van der Waals surface area contributed by atoms with Crippen molar-refractivity contribution >= 4 is 40.7 Å². The SMILES string of the molecule is CCOCC(=O)N(CCc1ccccc1OC)[C@@H]1CC(C(=O)NCCO)=C[C@H](Oc2c(I)cc(C=O)cc2OC)[C@H]1O. The summed E-state index contributed by atoms with van der Waals surface area (Å²) < 4.78 is 23.2. The molecule has 0 radical (unpaired) electrons. The summed E-state index contributed by atoms with van der Waals surface area (Å²) in [5.41, 5.74) is 1.54. The van der Waals surface area contributed by atoms with Crippen LogP contribution in [0.1, 0.15) is 29.3 Å². The first kappa shape index (κ1) is 33.3. The van der Waals surface area contributed by atoms with E-state index >= 15 is 0 Å². The number of nitrogens with zero attached hydrogens (tertiary/aromatic N) is 1. The molecule has 0 spiro atoms. The lowest BCUT2D eigenvalue weighted by Gasteiger charge is -2.40. The smallest absolute Gasteiger partial charge is 0.248 e. The highest BCUT2D eigenvalue weighted by Crippen LogP contribution is 2.37. The summed E-state index contributed by atoms with van der Waals surface area (Å²) in [6.45, 7) is 1.90. The predicted molar refractivity (Wildman–Crippen MR) is 163 cm³/mol. The molecular formula is C30H37IN2O9. The molecule has 0 bridgehead atoms. The van der Waals surface area contributed by atoms with Gasteiger partial charge in [0.1, 0.15) is 30.9 Å². The van der Waals surface area contributed by atoms with E-state index in [1.165, 1.54) is 24.2 Å². The van der Waals surface area contributed by atoms with Gasteiger partial charge in [-0.15, -0.1) is 0 Å². The Morgan fingerprint density at radius 1 is 1.17 bits per heavy atom. The minimum atomic E-state index is -1.24. The minimum Gasteiger partial charge on any atom is -0.496 e. The number of hydrogen-bond donors (Lipinski definition) is 3. The molecule has 12 heteroatoms. The molecule has 0 heterocycles. The molecule has 42 heavy (non-hydrogen) atoms. The Bertz CT molecular complexity index is 1270. The first-order chi connectivity index (χ1) is 20.3. The van der Waals surface area contributed by atoms with Gasteiger partial charge >= 0.3 is 0 Å². The molecule has 0 unspecified atom stereocenters. The van der Waals surface area contributed by atoms with E-state index in [-0.39, 0.29) is 55.7 Å². The molecule has 2 aromatic rings. The van der Waals surface area contributed by atoms with Crippen molar-refractivity contribution in [2.45, 2.75) is 38.0 Å². The number of amides is 2. The van der Waals surface area contributed by atoms with Gasteiger partial charge in [0.05, 0.1) is 30.4 Å². The van der Waals surface area contributed by atoms with Gasteiger partial charge in [0, 0.05) is 37.3 Å². The lowest BCUT2D eigenvalue weighted by atomic mass is 9.88. The van der Waals surface area contributed by atoms with Crippen molar-refractivity contribution in [2.24, 2.45) is 0 Å². The largest absolute Gasteiger partial charge is 0.496 e. The maximum atomic E-state index is 13.5. The van der Waals surface area contributed by atoms with E-state index in [4.69, 9.17) is 18.9 Å². The van der Waals surface area contributed by atoms with E-state index in [1.54, 1.807) is 20.1 Å². The monoisotopic (exact) mass is 696 g/mol. The van der Waals surface area contributed by atoms with Gasteiger partial charge in [0.15, 0.2) is 11.5 Å². The van der Waals surface area contributed by atoms with E-state index < -0.39 is 24.2 Å². The zero-order valence-electron chi connectivity index (χ0n) is 23.9. The maximum absolute atomic E-state index is 13.5. The molecule has 0 fully saturated rings. The van der Waals surface area contributed by atoms with Gasteiger partial charge in [-0.1, -0.05) is 18.2 Å². The van der Waals surface area contributed by atoms with Crippen LogP contribution in [0.5, 0.6) is 17.2 Å². The summed E-state index contributed by atoms with van der Waals surface area (Å²) in [4.78, 5) is 39.4. The Morgan fingerprint density at radius 3 is 2.57 bits per heavy atom. The van der Waals surface area contributed by atoms with E-state index in [2.05, 4.69) is 5.32 Å². The normalized spacial score (nSPS) is 18.0. The third kappa shape index (κ3) is 8.43. The fraction of sp³-hybridized carbons (Fsp3) is 0.433. The van der Waals surface area contributed by atoms with E-state index in [0.29, 0.717) is 34.2 Å². The minimum absolute atomic E-state index is 0.0363. The van der Waals surface area contributed by atoms with Gasteiger partial charge in [-0.2, -0.15) is 0 Å². The van der Waals surface area contributed by atoms with E-state index in [1.807, 2.05) is 46.9 Å². The van der Waals surface area contributed by atoms with Crippen molar-refractivity contribution in [3.8, 4) is 17.2 Å². The summed E-state index contributed by atoms with van der Waals surface area (Å²) in [6.07, 6.45) is 0.367. The van der Waals surface area contributed by atoms with Crippen LogP contribution in [0.25, 0.3) is 0 Å². The van der Waals surface area contributed by atoms with Crippen LogP contribution in [0, 0.1) is 3.57 Å². The number of para-hydroxylation sites is 1. The summed E-state index contributed by atoms with van der Waals surface area (Å²) in [6, 6.07) is 9.74. The Morgan fingerprint density at radius 2 is 1.90 bits per heavy atom. The first-order valence-electron chi connectivity index (χ1n) is 13.5. The van der Waals surface area contributed by atoms with Crippen LogP contribution in [0.4, 0.5) is 0 Å². The topological polar surface area (TPSA) is 144 Å². The highest BCUT2D eigenvalue weighted by Gasteiger charge is 2.41. The third-order valence-electron chi connectivity index (χ3n) is 6.82. The zero-order valence-corrected chi connectivity index (χ0v) is 26.0. The van der Waals surface area contributed by atoms with Crippen molar-refractivity contribution in [3.63, 3.8) is 0 Å². The van der Waals surface area contributed by atoms with E-state index in [9.17, 15) is 24.6 Å². The van der Waals surface area contributed by atoms with Gasteiger partial charge in [-0.05, 0) is 65.8 Å². The molecule has 3 atom stereocenters. The summed E-state index contributed by atoms with van der Waals surface area (Å²) >= 11 is 2.00. The van der Waals surface area contributed by atoms with Gasteiger partial charge in [-0.3, -0.25) is 14.4 Å². The molecule has 1 aliphatic rings. The molecule has 11 nitrogen and oxygen atoms in total.